The molecule has 0 radical (unpaired) electrons. The molecule has 6 heteroatoms. The van der Waals surface area contributed by atoms with Crippen LogP contribution in [-0.4, -0.2) is 17.2 Å². The number of hydrogen-bond donors (Lipinski definition) is 2. The van der Waals surface area contributed by atoms with Crippen molar-refractivity contribution in [1.29, 1.82) is 0 Å². The summed E-state index contributed by atoms with van der Waals surface area (Å²) in [4.78, 5) is 4.26. The lowest BCUT2D eigenvalue weighted by Gasteiger charge is -2.22. The van der Waals surface area contributed by atoms with Crippen LogP contribution in [0.25, 0.3) is 0 Å². The maximum atomic E-state index is 12.8. The van der Waals surface area contributed by atoms with Gasteiger partial charge in [0, 0.05) is 11.4 Å². The van der Waals surface area contributed by atoms with Gasteiger partial charge in [-0.25, -0.2) is 5.43 Å². The second-order valence-corrected chi connectivity index (χ2v) is 3.80. The Kier molecular flexibility index (Phi) is 3.15. The Morgan fingerprint density at radius 2 is 2.00 bits per heavy atom. The summed E-state index contributed by atoms with van der Waals surface area (Å²) in [6.45, 7) is 0. The highest BCUT2D eigenvalue weighted by atomic mass is 19.2. The third kappa shape index (κ3) is 2.89. The minimum absolute atomic E-state index is 0.0308. The molecule has 1 fully saturated rings. The summed E-state index contributed by atoms with van der Waals surface area (Å²) in [5, 5.41) is -0.0308. The van der Waals surface area contributed by atoms with Crippen molar-refractivity contribution in [2.45, 2.75) is 38.1 Å². The summed E-state index contributed by atoms with van der Waals surface area (Å²) in [6, 6.07) is 0.191. The molecule has 84 valence electrons. The quantitative estimate of drug-likeness (QED) is 0.518. The topological polar surface area (TPSA) is 39.7 Å². The number of halogens is 2. The molecule has 1 heterocycles. The lowest BCUT2D eigenvalue weighted by molar-refractivity contribution is -0.0614. The standard InChI is InChI=1S/C9H14F2N4/c10-8-6-9(14-15(11)13-8)12-7-4-2-1-3-5-7/h6-7,13H,1-5H2,(H,12,14). The van der Waals surface area contributed by atoms with E-state index in [-0.39, 0.29) is 17.2 Å². The molecule has 2 aliphatic rings. The third-order valence-electron chi connectivity index (χ3n) is 2.58. The summed E-state index contributed by atoms with van der Waals surface area (Å²) in [7, 11) is 0. The Morgan fingerprint density at radius 3 is 2.67 bits per heavy atom. The molecule has 0 aromatic heterocycles. The van der Waals surface area contributed by atoms with Crippen LogP contribution in [0.5, 0.6) is 0 Å². The highest BCUT2D eigenvalue weighted by Crippen LogP contribution is 2.20. The van der Waals surface area contributed by atoms with Gasteiger partial charge in [0.2, 0.25) is 5.95 Å². The Bertz CT molecular complexity index is 284. The Hall–Kier alpha value is -1.17. The van der Waals surface area contributed by atoms with Crippen molar-refractivity contribution in [3.8, 4) is 0 Å². The first kappa shape index (κ1) is 10.4. The molecule has 15 heavy (non-hydrogen) atoms. The first-order valence-corrected chi connectivity index (χ1v) is 5.18. The summed E-state index contributed by atoms with van der Waals surface area (Å²) < 4.78 is 25.5. The van der Waals surface area contributed by atoms with Crippen LogP contribution in [0.2, 0.25) is 0 Å². The molecule has 0 unspecified atom stereocenters. The predicted octanol–water partition coefficient (Wildman–Crippen LogP) is 1.74. The zero-order valence-corrected chi connectivity index (χ0v) is 8.34. The minimum atomic E-state index is -0.745. The number of hydrogen-bond acceptors (Lipinski definition) is 3. The van der Waals surface area contributed by atoms with E-state index in [0.717, 1.165) is 31.8 Å². The van der Waals surface area contributed by atoms with Crippen LogP contribution in [0.4, 0.5) is 8.87 Å². The average molecular weight is 216 g/mol. The highest BCUT2D eigenvalue weighted by Gasteiger charge is 2.17. The summed E-state index contributed by atoms with van der Waals surface area (Å²) in [5.41, 5.74) is 4.10. The zero-order chi connectivity index (χ0) is 10.7. The molecule has 1 aliphatic carbocycles. The SMILES string of the molecule is FC1=CC(=NC2CCCCC2)NN(F)N1. The monoisotopic (exact) mass is 216 g/mol. The van der Waals surface area contributed by atoms with Crippen LogP contribution in [0.1, 0.15) is 32.1 Å². The van der Waals surface area contributed by atoms with Gasteiger partial charge < -0.3 is 0 Å². The van der Waals surface area contributed by atoms with Gasteiger partial charge >= 0.3 is 0 Å². The highest BCUT2D eigenvalue weighted by molar-refractivity contribution is 5.93. The molecule has 0 aromatic rings. The molecule has 1 aliphatic heterocycles. The predicted molar refractivity (Wildman–Crippen MR) is 52.7 cm³/mol. The van der Waals surface area contributed by atoms with Crippen LogP contribution in [0.3, 0.4) is 0 Å². The summed E-state index contributed by atoms with van der Waals surface area (Å²) in [5.74, 6) is -0.508. The smallest absolute Gasteiger partial charge is 0.208 e. The van der Waals surface area contributed by atoms with Crippen molar-refractivity contribution in [2.24, 2.45) is 4.99 Å². The second kappa shape index (κ2) is 4.57. The van der Waals surface area contributed by atoms with Crippen LogP contribution in [0.15, 0.2) is 17.0 Å². The van der Waals surface area contributed by atoms with Crippen molar-refractivity contribution in [3.05, 3.63) is 12.0 Å². The van der Waals surface area contributed by atoms with Crippen LogP contribution in [-0.2, 0) is 0 Å². The van der Waals surface area contributed by atoms with Gasteiger partial charge in [-0.2, -0.15) is 4.39 Å². The third-order valence-corrected chi connectivity index (χ3v) is 2.58. The second-order valence-electron chi connectivity index (χ2n) is 3.80. The summed E-state index contributed by atoms with van der Waals surface area (Å²) in [6.07, 6.45) is 6.68. The fourth-order valence-corrected chi connectivity index (χ4v) is 1.88. The van der Waals surface area contributed by atoms with E-state index in [2.05, 4.69) is 10.4 Å². The molecular formula is C9H14F2N4. The Balaban J connectivity index is 2.01. The number of hydrazine groups is 2. The van der Waals surface area contributed by atoms with E-state index in [1.807, 2.05) is 5.43 Å². The number of nitrogens with one attached hydrogen (secondary N) is 2. The van der Waals surface area contributed by atoms with Gasteiger partial charge in [-0.05, 0) is 12.8 Å². The van der Waals surface area contributed by atoms with Gasteiger partial charge in [-0.15, -0.1) is 0 Å². The largest absolute Gasteiger partial charge is 0.264 e. The summed E-state index contributed by atoms with van der Waals surface area (Å²) >= 11 is 0. The lowest BCUT2D eigenvalue weighted by Crippen LogP contribution is -2.47. The molecule has 4 nitrogen and oxygen atoms in total. The Morgan fingerprint density at radius 1 is 1.27 bits per heavy atom. The normalized spacial score (nSPS) is 27.1. The molecule has 0 bridgehead atoms. The van der Waals surface area contributed by atoms with E-state index in [0.29, 0.717) is 0 Å². The van der Waals surface area contributed by atoms with E-state index < -0.39 is 5.95 Å². The molecule has 1 saturated carbocycles. The molecule has 2 N–H and O–H groups in total. The van der Waals surface area contributed by atoms with E-state index in [1.165, 1.54) is 6.42 Å². The van der Waals surface area contributed by atoms with E-state index in [9.17, 15) is 8.87 Å². The number of rotatable bonds is 1. The fourth-order valence-electron chi connectivity index (χ4n) is 1.88. The van der Waals surface area contributed by atoms with Crippen molar-refractivity contribution >= 4 is 5.84 Å². The van der Waals surface area contributed by atoms with Gasteiger partial charge in [0.1, 0.15) is 5.84 Å². The fraction of sp³-hybridized carbons (Fsp3) is 0.667. The molecule has 0 aromatic carbocycles. The average Bonchev–Trinajstić information content (AvgIpc) is 2.17. The first-order valence-electron chi connectivity index (χ1n) is 5.18. The molecular weight excluding hydrogens is 202 g/mol. The number of aliphatic imine (C=N–C) groups is 1. The van der Waals surface area contributed by atoms with Crippen molar-refractivity contribution in [3.63, 3.8) is 0 Å². The zero-order valence-electron chi connectivity index (χ0n) is 8.34. The Labute approximate surface area is 86.9 Å². The van der Waals surface area contributed by atoms with E-state index in [4.69, 9.17) is 0 Å². The van der Waals surface area contributed by atoms with Gasteiger partial charge in [0.25, 0.3) is 0 Å². The number of nitrogens with zero attached hydrogens (tertiary/aromatic N) is 2. The molecule has 0 saturated heterocycles. The maximum Gasteiger partial charge on any atom is 0.208 e. The molecule has 0 amide bonds. The van der Waals surface area contributed by atoms with Crippen molar-refractivity contribution in [1.82, 2.24) is 16.2 Å². The van der Waals surface area contributed by atoms with Crippen LogP contribution < -0.4 is 10.9 Å². The first-order chi connectivity index (χ1) is 7.24. The van der Waals surface area contributed by atoms with Gasteiger partial charge in [0.05, 0.1) is 6.04 Å². The molecule has 0 spiro atoms. The van der Waals surface area contributed by atoms with Crippen LogP contribution in [0, 0.1) is 0 Å². The van der Waals surface area contributed by atoms with E-state index >= 15 is 0 Å². The van der Waals surface area contributed by atoms with Crippen molar-refractivity contribution < 1.29 is 8.87 Å². The molecule has 2 rings (SSSR count). The lowest BCUT2D eigenvalue weighted by atomic mass is 9.96. The van der Waals surface area contributed by atoms with Gasteiger partial charge in [-0.3, -0.25) is 10.4 Å². The van der Waals surface area contributed by atoms with Gasteiger partial charge in [0.15, 0.2) is 0 Å². The van der Waals surface area contributed by atoms with Crippen LogP contribution >= 0.6 is 0 Å². The molecule has 0 atom stereocenters. The van der Waals surface area contributed by atoms with Crippen molar-refractivity contribution in [2.75, 3.05) is 0 Å². The maximum absolute atomic E-state index is 12.8. The number of amidine groups is 1. The minimum Gasteiger partial charge on any atom is -0.264 e. The van der Waals surface area contributed by atoms with Gasteiger partial charge in [-0.1, -0.05) is 23.7 Å². The van der Waals surface area contributed by atoms with E-state index in [1.54, 1.807) is 0 Å².